The minimum absolute atomic E-state index is 0.178. The Morgan fingerprint density at radius 3 is 2.33 bits per heavy atom. The molecule has 0 fully saturated rings. The van der Waals surface area contributed by atoms with Gasteiger partial charge in [-0.3, -0.25) is 0 Å². The molecule has 1 aliphatic rings. The van der Waals surface area contributed by atoms with Gasteiger partial charge in [-0.05, 0) is 35.4 Å². The molecule has 1 aliphatic heterocycles. The minimum Gasteiger partial charge on any atom is -0.420 e. The SMILES string of the molecule is Cc1nn(-c2ccccc2)c2c1[C@H](c1ccccc1)c1c(ncn3nc(-c4cccc5ccccc45)nc13)O2. The third kappa shape index (κ3) is 3.30. The summed E-state index contributed by atoms with van der Waals surface area (Å²) < 4.78 is 10.2. The highest BCUT2D eigenvalue weighted by Gasteiger charge is 2.38. The molecule has 186 valence electrons. The van der Waals surface area contributed by atoms with Gasteiger partial charge in [0, 0.05) is 5.56 Å². The summed E-state index contributed by atoms with van der Waals surface area (Å²) in [6, 6.07) is 34.9. The van der Waals surface area contributed by atoms with Crippen LogP contribution in [0.2, 0.25) is 0 Å². The molecule has 7 heteroatoms. The van der Waals surface area contributed by atoms with Crippen LogP contribution >= 0.6 is 0 Å². The van der Waals surface area contributed by atoms with Crippen molar-refractivity contribution in [2.24, 2.45) is 0 Å². The van der Waals surface area contributed by atoms with Crippen molar-refractivity contribution in [3.05, 3.63) is 132 Å². The fourth-order valence-corrected chi connectivity index (χ4v) is 5.64. The van der Waals surface area contributed by atoms with Gasteiger partial charge in [0.1, 0.15) is 6.33 Å². The first-order chi connectivity index (χ1) is 19.3. The summed E-state index contributed by atoms with van der Waals surface area (Å²) in [5, 5.41) is 12.0. The van der Waals surface area contributed by atoms with Gasteiger partial charge < -0.3 is 4.74 Å². The fraction of sp³-hybridized carbons (Fsp3) is 0.0625. The van der Waals surface area contributed by atoms with Crippen molar-refractivity contribution >= 4 is 16.4 Å². The van der Waals surface area contributed by atoms with Gasteiger partial charge in [0.05, 0.1) is 28.4 Å². The molecular formula is C32H22N6O. The van der Waals surface area contributed by atoms with Crippen LogP contribution in [0.4, 0.5) is 0 Å². The molecule has 3 aromatic heterocycles. The topological polar surface area (TPSA) is 70.1 Å². The summed E-state index contributed by atoms with van der Waals surface area (Å²) in [6.45, 7) is 2.03. The molecule has 39 heavy (non-hydrogen) atoms. The van der Waals surface area contributed by atoms with Crippen molar-refractivity contribution in [3.63, 3.8) is 0 Å². The van der Waals surface area contributed by atoms with E-state index in [2.05, 4.69) is 48.5 Å². The van der Waals surface area contributed by atoms with E-state index in [9.17, 15) is 0 Å². The zero-order valence-electron chi connectivity index (χ0n) is 21.1. The number of hydrogen-bond donors (Lipinski definition) is 0. The smallest absolute Gasteiger partial charge is 0.230 e. The Balaban J connectivity index is 1.38. The summed E-state index contributed by atoms with van der Waals surface area (Å²) in [5.74, 6) is 1.66. The van der Waals surface area contributed by atoms with Crippen LogP contribution in [0.15, 0.2) is 109 Å². The Morgan fingerprint density at radius 1 is 0.744 bits per heavy atom. The predicted molar refractivity (Wildman–Crippen MR) is 149 cm³/mol. The van der Waals surface area contributed by atoms with Crippen LogP contribution in [0, 0.1) is 6.92 Å². The van der Waals surface area contributed by atoms with Crippen LogP contribution in [-0.4, -0.2) is 29.4 Å². The molecule has 0 N–H and O–H groups in total. The zero-order valence-corrected chi connectivity index (χ0v) is 21.1. The van der Waals surface area contributed by atoms with E-state index >= 15 is 0 Å². The lowest BCUT2D eigenvalue weighted by molar-refractivity contribution is 0.402. The molecule has 0 saturated heterocycles. The summed E-state index contributed by atoms with van der Waals surface area (Å²) in [4.78, 5) is 9.83. The largest absolute Gasteiger partial charge is 0.420 e. The standard InChI is InChI=1S/C32H22N6O/c1-20-26-27(22-12-4-2-5-13-22)28-30-34-29(25-18-10-14-21-11-8-9-17-24(21)25)36-37(30)19-33-31(28)39-32(26)38(35-20)23-15-6-3-7-16-23/h2-19,27H,1H3/t27-/m0/s1. The molecule has 0 amide bonds. The molecule has 0 aliphatic carbocycles. The number of benzene rings is 4. The highest BCUT2D eigenvalue weighted by atomic mass is 16.5. The Labute approximate surface area is 224 Å². The average molecular weight is 507 g/mol. The second-order valence-electron chi connectivity index (χ2n) is 9.69. The Bertz CT molecular complexity index is 2000. The number of ether oxygens (including phenoxy) is 1. The zero-order chi connectivity index (χ0) is 25.9. The number of aromatic nitrogens is 6. The highest BCUT2D eigenvalue weighted by Crippen LogP contribution is 2.49. The van der Waals surface area contributed by atoms with Gasteiger partial charge >= 0.3 is 0 Å². The summed E-state index contributed by atoms with van der Waals surface area (Å²) in [7, 11) is 0. The lowest BCUT2D eigenvalue weighted by atomic mass is 9.84. The van der Waals surface area contributed by atoms with Crippen LogP contribution in [0.3, 0.4) is 0 Å². The molecule has 8 rings (SSSR count). The molecule has 0 unspecified atom stereocenters. The van der Waals surface area contributed by atoms with Gasteiger partial charge in [0.15, 0.2) is 11.5 Å². The Hall–Kier alpha value is -5.30. The van der Waals surface area contributed by atoms with E-state index in [4.69, 9.17) is 24.9 Å². The van der Waals surface area contributed by atoms with Crippen molar-refractivity contribution in [1.82, 2.24) is 29.4 Å². The number of rotatable bonds is 3. The Kier molecular flexibility index (Phi) is 4.66. The van der Waals surface area contributed by atoms with Gasteiger partial charge in [0.25, 0.3) is 0 Å². The molecule has 7 aromatic rings. The first-order valence-corrected chi connectivity index (χ1v) is 12.9. The van der Waals surface area contributed by atoms with Gasteiger partial charge in [-0.15, -0.1) is 5.10 Å². The van der Waals surface area contributed by atoms with Crippen molar-refractivity contribution < 1.29 is 4.74 Å². The summed E-state index contributed by atoms with van der Waals surface area (Å²) >= 11 is 0. The van der Waals surface area contributed by atoms with E-state index in [0.717, 1.165) is 44.4 Å². The summed E-state index contributed by atoms with van der Waals surface area (Å²) in [6.07, 6.45) is 1.68. The van der Waals surface area contributed by atoms with E-state index in [0.29, 0.717) is 23.2 Å². The van der Waals surface area contributed by atoms with E-state index in [-0.39, 0.29) is 5.92 Å². The van der Waals surface area contributed by atoms with E-state index in [1.807, 2.05) is 66.2 Å². The van der Waals surface area contributed by atoms with Crippen LogP contribution in [0.5, 0.6) is 11.8 Å². The van der Waals surface area contributed by atoms with Crippen molar-refractivity contribution in [2.45, 2.75) is 12.8 Å². The molecule has 7 nitrogen and oxygen atoms in total. The first kappa shape index (κ1) is 21.8. The summed E-state index contributed by atoms with van der Waals surface area (Å²) in [5.41, 5.74) is 6.52. The van der Waals surface area contributed by atoms with Crippen LogP contribution in [0.1, 0.15) is 28.3 Å². The lowest BCUT2D eigenvalue weighted by Crippen LogP contribution is -2.16. The van der Waals surface area contributed by atoms with E-state index < -0.39 is 0 Å². The van der Waals surface area contributed by atoms with Crippen molar-refractivity contribution in [1.29, 1.82) is 0 Å². The number of hydrogen-bond acceptors (Lipinski definition) is 5. The maximum absolute atomic E-state index is 6.54. The molecular weight excluding hydrogens is 484 g/mol. The number of aryl methyl sites for hydroxylation is 1. The highest BCUT2D eigenvalue weighted by molar-refractivity contribution is 5.95. The predicted octanol–water partition coefficient (Wildman–Crippen LogP) is 6.72. The molecule has 0 bridgehead atoms. The van der Waals surface area contributed by atoms with Gasteiger partial charge in [-0.1, -0.05) is 91.0 Å². The number of para-hydroxylation sites is 1. The normalized spacial score (nSPS) is 14.2. The first-order valence-electron chi connectivity index (χ1n) is 12.9. The van der Waals surface area contributed by atoms with Crippen molar-refractivity contribution in [2.75, 3.05) is 0 Å². The molecule has 0 saturated carbocycles. The van der Waals surface area contributed by atoms with Gasteiger partial charge in [0.2, 0.25) is 11.8 Å². The third-order valence-corrected chi connectivity index (χ3v) is 7.38. The second-order valence-corrected chi connectivity index (χ2v) is 9.69. The molecule has 4 aromatic carbocycles. The molecule has 0 radical (unpaired) electrons. The average Bonchev–Trinajstić information content (AvgIpc) is 3.58. The second kappa shape index (κ2) is 8.36. The van der Waals surface area contributed by atoms with Crippen LogP contribution < -0.4 is 4.74 Å². The maximum atomic E-state index is 6.54. The van der Waals surface area contributed by atoms with E-state index in [1.54, 1.807) is 10.8 Å². The van der Waals surface area contributed by atoms with Crippen LogP contribution in [-0.2, 0) is 0 Å². The lowest BCUT2D eigenvalue weighted by Gasteiger charge is -2.26. The third-order valence-electron chi connectivity index (χ3n) is 7.38. The van der Waals surface area contributed by atoms with Crippen LogP contribution in [0.25, 0.3) is 33.5 Å². The number of fused-ring (bicyclic) bond motifs is 5. The molecule has 1 atom stereocenters. The molecule has 4 heterocycles. The van der Waals surface area contributed by atoms with Gasteiger partial charge in [-0.25, -0.2) is 19.2 Å². The maximum Gasteiger partial charge on any atom is 0.230 e. The quantitative estimate of drug-likeness (QED) is 0.266. The number of nitrogens with zero attached hydrogens (tertiary/aromatic N) is 6. The van der Waals surface area contributed by atoms with Crippen molar-refractivity contribution in [3.8, 4) is 28.8 Å². The monoisotopic (exact) mass is 506 g/mol. The van der Waals surface area contributed by atoms with E-state index in [1.165, 1.54) is 0 Å². The van der Waals surface area contributed by atoms with Gasteiger partial charge in [-0.2, -0.15) is 5.10 Å². The molecule has 0 spiro atoms. The minimum atomic E-state index is -0.178. The fourth-order valence-electron chi connectivity index (χ4n) is 5.64. The Morgan fingerprint density at radius 2 is 1.49 bits per heavy atom.